The second-order valence-electron chi connectivity index (χ2n) is 4.18. The van der Waals surface area contributed by atoms with Crippen LogP contribution in [-0.4, -0.2) is 28.2 Å². The van der Waals surface area contributed by atoms with E-state index in [0.29, 0.717) is 5.95 Å². The lowest BCUT2D eigenvalue weighted by Crippen LogP contribution is -2.12. The van der Waals surface area contributed by atoms with Gasteiger partial charge in [0.15, 0.2) is 0 Å². The number of hydrogen-bond donors (Lipinski definition) is 4. The number of aliphatic hydroxyl groups is 1. The van der Waals surface area contributed by atoms with Crippen molar-refractivity contribution in [3.05, 3.63) is 10.9 Å². The van der Waals surface area contributed by atoms with Gasteiger partial charge in [-0.3, -0.25) is 5.43 Å². The van der Waals surface area contributed by atoms with Gasteiger partial charge >= 0.3 is 0 Å². The maximum absolute atomic E-state index is 8.77. The van der Waals surface area contributed by atoms with Crippen LogP contribution in [0.3, 0.4) is 0 Å². The summed E-state index contributed by atoms with van der Waals surface area (Å²) in [5, 5.41) is 13.1. The van der Waals surface area contributed by atoms with E-state index in [1.54, 1.807) is 11.3 Å². The van der Waals surface area contributed by atoms with Crippen molar-refractivity contribution >= 4 is 33.3 Å². The van der Waals surface area contributed by atoms with E-state index in [-0.39, 0.29) is 6.61 Å². The predicted octanol–water partition coefficient (Wildman–Crippen LogP) is 1.72. The summed E-state index contributed by atoms with van der Waals surface area (Å²) in [5.41, 5.74) is 2.49. The number of nitrogens with two attached hydrogens (primary N) is 1. The van der Waals surface area contributed by atoms with Crippen LogP contribution in [0.15, 0.2) is 6.07 Å². The highest BCUT2D eigenvalue weighted by atomic mass is 32.1. The molecule has 104 valence electrons. The van der Waals surface area contributed by atoms with E-state index in [1.807, 2.05) is 0 Å². The monoisotopic (exact) mass is 281 g/mol. The quantitative estimate of drug-likeness (QED) is 0.351. The van der Waals surface area contributed by atoms with Gasteiger partial charge in [0, 0.05) is 18.0 Å². The fraction of sp³-hybridized carbons (Fsp3) is 0.500. The first-order valence-corrected chi connectivity index (χ1v) is 7.22. The topological polar surface area (TPSA) is 96.1 Å². The third-order valence-corrected chi connectivity index (χ3v) is 3.97. The van der Waals surface area contributed by atoms with Crippen LogP contribution in [0.2, 0.25) is 0 Å². The predicted molar refractivity (Wildman–Crippen MR) is 79.4 cm³/mol. The summed E-state index contributed by atoms with van der Waals surface area (Å²) < 4.78 is 0. The molecule has 0 fully saturated rings. The number of nitrogens with zero attached hydrogens (tertiary/aromatic N) is 2. The van der Waals surface area contributed by atoms with E-state index in [4.69, 9.17) is 10.9 Å². The summed E-state index contributed by atoms with van der Waals surface area (Å²) in [6.45, 7) is 3.11. The molecule has 0 atom stereocenters. The van der Waals surface area contributed by atoms with Gasteiger partial charge < -0.3 is 10.4 Å². The molecule has 0 aliphatic heterocycles. The molecule has 0 saturated carbocycles. The number of unbranched alkanes of at least 4 members (excludes halogenated alkanes) is 1. The summed E-state index contributed by atoms with van der Waals surface area (Å²) in [6, 6.07) is 2.12. The van der Waals surface area contributed by atoms with Gasteiger partial charge in [0.1, 0.15) is 10.6 Å². The summed E-state index contributed by atoms with van der Waals surface area (Å²) in [6.07, 6.45) is 2.67. The second kappa shape index (κ2) is 6.65. The molecule has 2 aromatic rings. The molecule has 0 aromatic carbocycles. The van der Waals surface area contributed by atoms with Crippen LogP contribution in [-0.2, 0) is 6.42 Å². The van der Waals surface area contributed by atoms with E-state index in [2.05, 4.69) is 33.7 Å². The lowest BCUT2D eigenvalue weighted by atomic mass is 10.3. The summed E-state index contributed by atoms with van der Waals surface area (Å²) >= 11 is 1.66. The Morgan fingerprint density at radius 3 is 2.89 bits per heavy atom. The molecule has 7 heteroatoms. The summed E-state index contributed by atoms with van der Waals surface area (Å²) in [4.78, 5) is 10.9. The molecule has 0 aliphatic carbocycles. The second-order valence-corrected chi connectivity index (χ2v) is 5.30. The van der Waals surface area contributed by atoms with Crippen LogP contribution in [0.5, 0.6) is 0 Å². The van der Waals surface area contributed by atoms with Gasteiger partial charge in [-0.05, 0) is 25.3 Å². The van der Waals surface area contributed by atoms with E-state index in [1.165, 1.54) is 4.88 Å². The Labute approximate surface area is 116 Å². The largest absolute Gasteiger partial charge is 0.396 e. The number of fused-ring (bicyclic) bond motifs is 1. The lowest BCUT2D eigenvalue weighted by molar-refractivity contribution is 0.286. The minimum Gasteiger partial charge on any atom is -0.396 e. The zero-order valence-electron chi connectivity index (χ0n) is 10.9. The van der Waals surface area contributed by atoms with Crippen LogP contribution in [0.1, 0.15) is 24.6 Å². The smallest absolute Gasteiger partial charge is 0.240 e. The minimum absolute atomic E-state index is 0.217. The minimum atomic E-state index is 0.217. The fourth-order valence-electron chi connectivity index (χ4n) is 1.79. The van der Waals surface area contributed by atoms with Crippen molar-refractivity contribution in [1.29, 1.82) is 0 Å². The van der Waals surface area contributed by atoms with Gasteiger partial charge in [-0.25, -0.2) is 10.8 Å². The standard InChI is InChI=1S/C12H19N5OS/c1-2-8-7-9-10(14-5-3-4-6-18)15-12(17-13)16-11(9)19-8/h7,18H,2-6,13H2,1H3,(H2,14,15,16,17). The zero-order valence-corrected chi connectivity index (χ0v) is 11.8. The maximum atomic E-state index is 8.77. The molecular formula is C12H19N5OS. The van der Waals surface area contributed by atoms with Crippen molar-refractivity contribution in [2.24, 2.45) is 5.84 Å². The zero-order chi connectivity index (χ0) is 13.7. The van der Waals surface area contributed by atoms with Crippen molar-refractivity contribution in [3.8, 4) is 0 Å². The van der Waals surface area contributed by atoms with Crippen molar-refractivity contribution in [3.63, 3.8) is 0 Å². The molecule has 19 heavy (non-hydrogen) atoms. The molecule has 0 radical (unpaired) electrons. The highest BCUT2D eigenvalue weighted by Crippen LogP contribution is 2.30. The molecule has 2 heterocycles. The number of anilines is 2. The third-order valence-electron chi connectivity index (χ3n) is 2.80. The number of thiophene rings is 1. The first kappa shape index (κ1) is 14.0. The Balaban J connectivity index is 2.25. The first-order chi connectivity index (χ1) is 9.28. The third kappa shape index (κ3) is 3.31. The molecule has 2 rings (SSSR count). The Kier molecular flexibility index (Phi) is 4.89. The molecule has 2 aromatic heterocycles. The van der Waals surface area contributed by atoms with E-state index in [0.717, 1.165) is 41.8 Å². The van der Waals surface area contributed by atoms with Crippen LogP contribution in [0.4, 0.5) is 11.8 Å². The number of aromatic nitrogens is 2. The average molecular weight is 281 g/mol. The Hall–Kier alpha value is -1.44. The number of hydrazine groups is 1. The number of nitrogen functional groups attached to an aromatic ring is 1. The Bertz CT molecular complexity index is 542. The molecule has 0 spiro atoms. The molecule has 6 nitrogen and oxygen atoms in total. The molecule has 0 saturated heterocycles. The number of aryl methyl sites for hydroxylation is 1. The van der Waals surface area contributed by atoms with Crippen molar-refractivity contribution in [2.75, 3.05) is 23.9 Å². The van der Waals surface area contributed by atoms with Crippen LogP contribution in [0, 0.1) is 0 Å². The van der Waals surface area contributed by atoms with E-state index < -0.39 is 0 Å². The van der Waals surface area contributed by atoms with Crippen molar-refractivity contribution in [1.82, 2.24) is 9.97 Å². The lowest BCUT2D eigenvalue weighted by Gasteiger charge is -2.07. The molecule has 0 aliphatic rings. The highest BCUT2D eigenvalue weighted by Gasteiger charge is 2.10. The van der Waals surface area contributed by atoms with Crippen LogP contribution >= 0.6 is 11.3 Å². The van der Waals surface area contributed by atoms with Gasteiger partial charge in [0.2, 0.25) is 5.95 Å². The van der Waals surface area contributed by atoms with Gasteiger partial charge in [-0.15, -0.1) is 11.3 Å². The summed E-state index contributed by atoms with van der Waals surface area (Å²) in [5.74, 6) is 6.61. The normalized spacial score (nSPS) is 10.9. The molecular weight excluding hydrogens is 262 g/mol. The van der Waals surface area contributed by atoms with E-state index in [9.17, 15) is 0 Å². The maximum Gasteiger partial charge on any atom is 0.240 e. The number of aliphatic hydroxyl groups excluding tert-OH is 1. The van der Waals surface area contributed by atoms with Gasteiger partial charge in [0.25, 0.3) is 0 Å². The average Bonchev–Trinajstić information content (AvgIpc) is 2.86. The molecule has 0 amide bonds. The number of rotatable bonds is 7. The number of hydrogen-bond acceptors (Lipinski definition) is 7. The first-order valence-electron chi connectivity index (χ1n) is 6.40. The SMILES string of the molecule is CCc1cc2c(NCCCCO)nc(NN)nc2s1. The van der Waals surface area contributed by atoms with E-state index >= 15 is 0 Å². The number of nitrogens with one attached hydrogen (secondary N) is 2. The van der Waals surface area contributed by atoms with Crippen molar-refractivity contribution < 1.29 is 5.11 Å². The Morgan fingerprint density at radius 1 is 1.37 bits per heavy atom. The molecule has 0 unspecified atom stereocenters. The van der Waals surface area contributed by atoms with Gasteiger partial charge in [-0.2, -0.15) is 4.98 Å². The Morgan fingerprint density at radius 2 is 2.21 bits per heavy atom. The molecule has 0 bridgehead atoms. The van der Waals surface area contributed by atoms with Gasteiger partial charge in [-0.1, -0.05) is 6.92 Å². The fourth-order valence-corrected chi connectivity index (χ4v) is 2.76. The van der Waals surface area contributed by atoms with Crippen molar-refractivity contribution in [2.45, 2.75) is 26.2 Å². The van der Waals surface area contributed by atoms with Gasteiger partial charge in [0.05, 0.1) is 5.39 Å². The van der Waals surface area contributed by atoms with Crippen LogP contribution in [0.25, 0.3) is 10.2 Å². The van der Waals surface area contributed by atoms with Crippen LogP contribution < -0.4 is 16.6 Å². The summed E-state index contributed by atoms with van der Waals surface area (Å²) in [7, 11) is 0. The highest BCUT2D eigenvalue weighted by molar-refractivity contribution is 7.18. The molecule has 5 N–H and O–H groups in total.